The van der Waals surface area contributed by atoms with Crippen molar-refractivity contribution in [2.75, 3.05) is 16.8 Å². The molecule has 98 valence electrons. The number of carbonyl (C=O) groups is 1. The van der Waals surface area contributed by atoms with E-state index in [4.69, 9.17) is 0 Å². The van der Waals surface area contributed by atoms with Gasteiger partial charge in [0.15, 0.2) is 0 Å². The van der Waals surface area contributed by atoms with Crippen LogP contribution in [0, 0.1) is 0 Å². The zero-order valence-corrected chi connectivity index (χ0v) is 10.7. The Hall–Kier alpha value is -2.49. The van der Waals surface area contributed by atoms with Crippen LogP contribution in [0.25, 0.3) is 0 Å². The molecule has 0 heterocycles. The molecule has 19 heavy (non-hydrogen) atoms. The Morgan fingerprint density at radius 3 is 2.53 bits per heavy atom. The lowest BCUT2D eigenvalue weighted by Gasteiger charge is -2.21. The summed E-state index contributed by atoms with van der Waals surface area (Å²) in [6, 6.07) is 15.7. The molecule has 0 saturated heterocycles. The van der Waals surface area contributed by atoms with Gasteiger partial charge in [-0.3, -0.25) is 4.90 Å². The number of hydrogen-bond acceptors (Lipinski definition) is 2. The first kappa shape index (κ1) is 13.0. The van der Waals surface area contributed by atoms with Gasteiger partial charge in [-0.15, -0.1) is 0 Å². The Kier molecular flexibility index (Phi) is 4.03. The van der Waals surface area contributed by atoms with Crippen LogP contribution in [0.4, 0.5) is 16.2 Å². The summed E-state index contributed by atoms with van der Waals surface area (Å²) in [4.78, 5) is 13.8. The topological polar surface area (TPSA) is 52.6 Å². The molecule has 0 unspecified atom stereocenters. The zero-order chi connectivity index (χ0) is 13.7. The molecule has 0 aromatic heterocycles. The first-order valence-corrected chi connectivity index (χ1v) is 6.13. The van der Waals surface area contributed by atoms with Crippen LogP contribution in [-0.4, -0.2) is 17.7 Å². The summed E-state index contributed by atoms with van der Waals surface area (Å²) < 4.78 is 0. The van der Waals surface area contributed by atoms with Gasteiger partial charge < -0.3 is 10.4 Å². The Balaban J connectivity index is 2.16. The van der Waals surface area contributed by atoms with E-state index in [1.54, 1.807) is 29.2 Å². The largest absolute Gasteiger partial charge is 0.508 e. The van der Waals surface area contributed by atoms with Crippen molar-refractivity contribution in [3.8, 4) is 5.75 Å². The van der Waals surface area contributed by atoms with E-state index in [0.717, 1.165) is 5.69 Å². The molecule has 4 heteroatoms. The van der Waals surface area contributed by atoms with Gasteiger partial charge in [-0.1, -0.05) is 24.3 Å². The van der Waals surface area contributed by atoms with Crippen LogP contribution in [0.5, 0.6) is 5.75 Å². The maximum absolute atomic E-state index is 12.2. The lowest BCUT2D eigenvalue weighted by atomic mass is 10.2. The normalized spacial score (nSPS) is 9.95. The van der Waals surface area contributed by atoms with Crippen molar-refractivity contribution in [2.45, 2.75) is 6.92 Å². The number of rotatable bonds is 3. The number of para-hydroxylation sites is 1. The predicted molar refractivity (Wildman–Crippen MR) is 76.6 cm³/mol. The van der Waals surface area contributed by atoms with Crippen LogP contribution in [0.2, 0.25) is 0 Å². The Bertz CT molecular complexity index is 555. The summed E-state index contributed by atoms with van der Waals surface area (Å²) in [5.74, 6) is 0.142. The van der Waals surface area contributed by atoms with Crippen LogP contribution in [-0.2, 0) is 0 Å². The molecule has 0 saturated carbocycles. The highest BCUT2D eigenvalue weighted by Gasteiger charge is 2.14. The number of carbonyl (C=O) groups excluding carboxylic acids is 1. The third-order valence-electron chi connectivity index (χ3n) is 2.73. The number of urea groups is 1. The molecule has 0 radical (unpaired) electrons. The first-order chi connectivity index (χ1) is 9.20. The van der Waals surface area contributed by atoms with Gasteiger partial charge in [0.2, 0.25) is 0 Å². The molecular weight excluding hydrogens is 240 g/mol. The van der Waals surface area contributed by atoms with E-state index in [2.05, 4.69) is 5.32 Å². The third-order valence-corrected chi connectivity index (χ3v) is 2.73. The number of benzene rings is 2. The SMILES string of the molecule is CCN(C(=O)Nc1ccccc1)c1cccc(O)c1. The maximum Gasteiger partial charge on any atom is 0.326 e. The predicted octanol–water partition coefficient (Wildman–Crippen LogP) is 3.45. The molecule has 0 fully saturated rings. The molecule has 2 aromatic rings. The van der Waals surface area contributed by atoms with E-state index in [1.807, 2.05) is 37.3 Å². The molecule has 0 atom stereocenters. The van der Waals surface area contributed by atoms with Gasteiger partial charge in [0.05, 0.1) is 0 Å². The van der Waals surface area contributed by atoms with Crippen molar-refractivity contribution in [2.24, 2.45) is 0 Å². The summed E-state index contributed by atoms with van der Waals surface area (Å²) in [6.45, 7) is 2.40. The zero-order valence-electron chi connectivity index (χ0n) is 10.7. The average Bonchev–Trinajstić information content (AvgIpc) is 2.41. The Labute approximate surface area is 112 Å². The summed E-state index contributed by atoms with van der Waals surface area (Å²) in [7, 11) is 0. The van der Waals surface area contributed by atoms with Gasteiger partial charge in [0.25, 0.3) is 0 Å². The second-order valence-electron chi connectivity index (χ2n) is 4.06. The summed E-state index contributed by atoms with van der Waals surface area (Å²) >= 11 is 0. The molecular formula is C15H16N2O2. The van der Waals surface area contributed by atoms with Gasteiger partial charge in [-0.05, 0) is 31.2 Å². The second-order valence-corrected chi connectivity index (χ2v) is 4.06. The number of amides is 2. The molecule has 0 aliphatic carbocycles. The van der Waals surface area contributed by atoms with Crippen LogP contribution in [0.1, 0.15) is 6.92 Å². The molecule has 0 aliphatic heterocycles. The fourth-order valence-electron chi connectivity index (χ4n) is 1.82. The molecule has 0 aliphatic rings. The van der Waals surface area contributed by atoms with Crippen LogP contribution in [0.3, 0.4) is 0 Å². The van der Waals surface area contributed by atoms with E-state index < -0.39 is 0 Å². The van der Waals surface area contributed by atoms with Crippen molar-refractivity contribution >= 4 is 17.4 Å². The van der Waals surface area contributed by atoms with E-state index in [0.29, 0.717) is 12.2 Å². The van der Waals surface area contributed by atoms with Gasteiger partial charge in [-0.25, -0.2) is 4.79 Å². The summed E-state index contributed by atoms with van der Waals surface area (Å²) in [5.41, 5.74) is 1.40. The average molecular weight is 256 g/mol. The summed E-state index contributed by atoms with van der Waals surface area (Å²) in [6.07, 6.45) is 0. The molecule has 0 spiro atoms. The number of anilines is 2. The van der Waals surface area contributed by atoms with E-state index in [9.17, 15) is 9.90 Å². The van der Waals surface area contributed by atoms with Crippen molar-refractivity contribution < 1.29 is 9.90 Å². The highest BCUT2D eigenvalue weighted by molar-refractivity contribution is 6.01. The number of phenols is 1. The molecule has 2 amide bonds. The highest BCUT2D eigenvalue weighted by atomic mass is 16.3. The third kappa shape index (κ3) is 3.25. The van der Waals surface area contributed by atoms with Crippen molar-refractivity contribution in [1.82, 2.24) is 0 Å². The molecule has 0 bridgehead atoms. The van der Waals surface area contributed by atoms with E-state index >= 15 is 0 Å². The first-order valence-electron chi connectivity index (χ1n) is 6.13. The van der Waals surface area contributed by atoms with Crippen LogP contribution >= 0.6 is 0 Å². The maximum atomic E-state index is 12.2. The minimum Gasteiger partial charge on any atom is -0.508 e. The molecule has 2 aromatic carbocycles. The van der Waals surface area contributed by atoms with Gasteiger partial charge in [-0.2, -0.15) is 0 Å². The Morgan fingerprint density at radius 2 is 1.89 bits per heavy atom. The van der Waals surface area contributed by atoms with Crippen LogP contribution < -0.4 is 10.2 Å². The monoisotopic (exact) mass is 256 g/mol. The minimum atomic E-state index is -0.223. The number of phenolic OH excluding ortho intramolecular Hbond substituents is 1. The number of hydrogen-bond donors (Lipinski definition) is 2. The standard InChI is InChI=1S/C15H16N2O2/c1-2-17(13-9-6-10-14(18)11-13)15(19)16-12-7-4-3-5-8-12/h3-11,18H,2H2,1H3,(H,16,19). The van der Waals surface area contributed by atoms with Gasteiger partial charge >= 0.3 is 6.03 Å². The fourth-order valence-corrected chi connectivity index (χ4v) is 1.82. The smallest absolute Gasteiger partial charge is 0.326 e. The molecule has 2 rings (SSSR count). The quantitative estimate of drug-likeness (QED) is 0.883. The summed E-state index contributed by atoms with van der Waals surface area (Å²) in [5, 5.41) is 12.3. The molecule has 4 nitrogen and oxygen atoms in total. The fraction of sp³-hybridized carbons (Fsp3) is 0.133. The lowest BCUT2D eigenvalue weighted by Crippen LogP contribution is -2.34. The van der Waals surface area contributed by atoms with Gasteiger partial charge in [0, 0.05) is 24.0 Å². The van der Waals surface area contributed by atoms with Gasteiger partial charge in [0.1, 0.15) is 5.75 Å². The number of aromatic hydroxyl groups is 1. The number of nitrogens with one attached hydrogen (secondary N) is 1. The molecule has 2 N–H and O–H groups in total. The Morgan fingerprint density at radius 1 is 1.16 bits per heavy atom. The van der Waals surface area contributed by atoms with Crippen LogP contribution in [0.15, 0.2) is 54.6 Å². The van der Waals surface area contributed by atoms with E-state index in [1.165, 1.54) is 0 Å². The number of nitrogens with zero attached hydrogens (tertiary/aromatic N) is 1. The van der Waals surface area contributed by atoms with Crippen molar-refractivity contribution in [3.63, 3.8) is 0 Å². The van der Waals surface area contributed by atoms with Crippen molar-refractivity contribution in [1.29, 1.82) is 0 Å². The minimum absolute atomic E-state index is 0.142. The highest BCUT2D eigenvalue weighted by Crippen LogP contribution is 2.20. The van der Waals surface area contributed by atoms with E-state index in [-0.39, 0.29) is 11.8 Å². The second kappa shape index (κ2) is 5.91. The van der Waals surface area contributed by atoms with Crippen molar-refractivity contribution in [3.05, 3.63) is 54.6 Å². The lowest BCUT2D eigenvalue weighted by molar-refractivity contribution is 0.257.